The molecule has 0 aliphatic carbocycles. The monoisotopic (exact) mass is 325 g/mol. The summed E-state index contributed by atoms with van der Waals surface area (Å²) in [6, 6.07) is 6.53. The lowest BCUT2D eigenvalue weighted by atomic mass is 10.1. The number of aromatic nitrogens is 2. The van der Waals surface area contributed by atoms with E-state index >= 15 is 0 Å². The average Bonchev–Trinajstić information content (AvgIpc) is 2.68. The molecule has 2 rings (SSSR count). The number of rotatable bonds is 4. The van der Waals surface area contributed by atoms with Crippen LogP contribution in [0.4, 0.5) is 0 Å². The molecule has 0 spiro atoms. The lowest BCUT2D eigenvalue weighted by Crippen LogP contribution is -2.17. The molecule has 5 heteroatoms. The van der Waals surface area contributed by atoms with Gasteiger partial charge in [-0.15, -0.1) is 0 Å². The van der Waals surface area contributed by atoms with Gasteiger partial charge in [0.25, 0.3) is 0 Å². The zero-order valence-electron chi connectivity index (χ0n) is 10.4. The topological polar surface area (TPSA) is 43.8 Å². The molecule has 18 heavy (non-hydrogen) atoms. The van der Waals surface area contributed by atoms with E-state index in [0.717, 1.165) is 16.0 Å². The van der Waals surface area contributed by atoms with Crippen molar-refractivity contribution in [1.82, 2.24) is 9.55 Å². The molecule has 1 aromatic carbocycles. The summed E-state index contributed by atoms with van der Waals surface area (Å²) in [5.74, 6) is 0. The molecule has 2 aromatic rings. The van der Waals surface area contributed by atoms with Crippen LogP contribution in [-0.2, 0) is 13.5 Å². The maximum atomic E-state index is 5.82. The zero-order valence-corrected chi connectivity index (χ0v) is 12.8. The largest absolute Gasteiger partial charge is 0.329 e. The third kappa shape index (κ3) is 3.37. The fourth-order valence-corrected chi connectivity index (χ4v) is 3.19. The summed E-state index contributed by atoms with van der Waals surface area (Å²) < 4.78 is 3.12. The molecule has 2 N–H and O–H groups in total. The number of imidazole rings is 1. The molecule has 3 nitrogen and oxygen atoms in total. The van der Waals surface area contributed by atoms with Crippen LogP contribution in [0.3, 0.4) is 0 Å². The first kappa shape index (κ1) is 13.6. The number of nitrogens with zero attached hydrogens (tertiary/aromatic N) is 2. The summed E-state index contributed by atoms with van der Waals surface area (Å²) in [6.07, 6.45) is 4.64. The fraction of sp³-hybridized carbons (Fsp3) is 0.308. The van der Waals surface area contributed by atoms with Gasteiger partial charge in [0.1, 0.15) is 0 Å². The van der Waals surface area contributed by atoms with Gasteiger partial charge in [0.2, 0.25) is 0 Å². The van der Waals surface area contributed by atoms with Crippen molar-refractivity contribution in [3.8, 4) is 0 Å². The van der Waals surface area contributed by atoms with Crippen molar-refractivity contribution in [3.05, 3.63) is 40.6 Å². The molecule has 0 radical (unpaired) electrons. The normalized spacial score (nSPS) is 12.7. The first-order chi connectivity index (χ1) is 8.56. The van der Waals surface area contributed by atoms with Crippen LogP contribution >= 0.6 is 27.7 Å². The van der Waals surface area contributed by atoms with Crippen LogP contribution in [0.2, 0.25) is 0 Å². The van der Waals surface area contributed by atoms with E-state index < -0.39 is 0 Å². The molecule has 0 aliphatic heterocycles. The van der Waals surface area contributed by atoms with Crippen LogP contribution in [0.5, 0.6) is 0 Å². The predicted molar refractivity (Wildman–Crippen MR) is 78.8 cm³/mol. The van der Waals surface area contributed by atoms with E-state index in [9.17, 15) is 0 Å². The molecule has 0 saturated heterocycles. The second-order valence-corrected chi connectivity index (χ2v) is 6.25. The minimum absolute atomic E-state index is 0.175. The van der Waals surface area contributed by atoms with Gasteiger partial charge in [0.05, 0.1) is 0 Å². The molecule has 0 bridgehead atoms. The molecule has 96 valence electrons. The standard InChI is InChI=1S/C13H16BrN3S/c1-9(15)7-10-3-4-11(8-12(10)14)18-13-16-5-6-17(13)2/h3-6,8-9H,7,15H2,1-2H3. The molecule has 1 aromatic heterocycles. The maximum absolute atomic E-state index is 5.82. The lowest BCUT2D eigenvalue weighted by molar-refractivity contribution is 0.735. The van der Waals surface area contributed by atoms with Crippen LogP contribution < -0.4 is 5.73 Å². The van der Waals surface area contributed by atoms with E-state index in [-0.39, 0.29) is 6.04 Å². The Morgan fingerprint density at radius 3 is 2.83 bits per heavy atom. The molecule has 0 amide bonds. The number of aryl methyl sites for hydroxylation is 1. The van der Waals surface area contributed by atoms with Crippen molar-refractivity contribution in [2.24, 2.45) is 12.8 Å². The van der Waals surface area contributed by atoms with Gasteiger partial charge in [-0.05, 0) is 31.0 Å². The highest BCUT2D eigenvalue weighted by atomic mass is 79.9. The summed E-state index contributed by atoms with van der Waals surface area (Å²) >= 11 is 5.26. The van der Waals surface area contributed by atoms with Crippen LogP contribution in [0.1, 0.15) is 12.5 Å². The minimum Gasteiger partial charge on any atom is -0.329 e. The SMILES string of the molecule is CC(N)Cc1ccc(Sc2nccn2C)cc1Br. The van der Waals surface area contributed by atoms with E-state index in [1.807, 2.05) is 30.9 Å². The second kappa shape index (κ2) is 5.91. The number of nitrogens with two attached hydrogens (primary N) is 1. The second-order valence-electron chi connectivity index (χ2n) is 4.36. The fourth-order valence-electron chi connectivity index (χ4n) is 1.66. The molecule has 0 aliphatic rings. The summed E-state index contributed by atoms with van der Waals surface area (Å²) in [5.41, 5.74) is 7.07. The third-order valence-corrected chi connectivity index (χ3v) is 4.36. The minimum atomic E-state index is 0.175. The summed E-state index contributed by atoms with van der Waals surface area (Å²) in [7, 11) is 1.99. The van der Waals surface area contributed by atoms with E-state index in [1.54, 1.807) is 11.8 Å². The Kier molecular flexibility index (Phi) is 4.48. The van der Waals surface area contributed by atoms with Crippen LogP contribution in [-0.4, -0.2) is 15.6 Å². The number of halogens is 1. The Labute approximate surface area is 120 Å². The Hall–Kier alpha value is -0.780. The Morgan fingerprint density at radius 2 is 2.28 bits per heavy atom. The van der Waals surface area contributed by atoms with Gasteiger partial charge in [-0.3, -0.25) is 0 Å². The third-order valence-electron chi connectivity index (χ3n) is 2.55. The van der Waals surface area contributed by atoms with Gasteiger partial charge in [-0.25, -0.2) is 4.98 Å². The lowest BCUT2D eigenvalue weighted by Gasteiger charge is -2.09. The van der Waals surface area contributed by atoms with Gasteiger partial charge in [-0.1, -0.05) is 33.8 Å². The number of hydrogen-bond acceptors (Lipinski definition) is 3. The van der Waals surface area contributed by atoms with Gasteiger partial charge in [0.15, 0.2) is 5.16 Å². The molecule has 0 fully saturated rings. The molecule has 1 heterocycles. The van der Waals surface area contributed by atoms with Crippen molar-refractivity contribution in [1.29, 1.82) is 0 Å². The summed E-state index contributed by atoms with van der Waals surface area (Å²) in [5, 5.41) is 0.988. The molecular weight excluding hydrogens is 310 g/mol. The van der Waals surface area contributed by atoms with E-state index in [1.165, 1.54) is 10.5 Å². The predicted octanol–water partition coefficient (Wildman–Crippen LogP) is 3.22. The van der Waals surface area contributed by atoms with E-state index in [2.05, 4.69) is 39.1 Å². The first-order valence-electron chi connectivity index (χ1n) is 5.75. The summed E-state index contributed by atoms with van der Waals surface area (Å²) in [6.45, 7) is 2.02. The van der Waals surface area contributed by atoms with Crippen molar-refractivity contribution in [2.75, 3.05) is 0 Å². The molecule has 1 atom stereocenters. The van der Waals surface area contributed by atoms with Gasteiger partial charge < -0.3 is 10.3 Å². The summed E-state index contributed by atoms with van der Waals surface area (Å²) in [4.78, 5) is 5.47. The number of benzene rings is 1. The number of hydrogen-bond donors (Lipinski definition) is 1. The van der Waals surface area contributed by atoms with E-state index in [0.29, 0.717) is 0 Å². The van der Waals surface area contributed by atoms with Gasteiger partial charge >= 0.3 is 0 Å². The smallest absolute Gasteiger partial charge is 0.172 e. The average molecular weight is 326 g/mol. The van der Waals surface area contributed by atoms with Crippen molar-refractivity contribution >= 4 is 27.7 Å². The van der Waals surface area contributed by atoms with Gasteiger partial charge in [0, 0.05) is 34.9 Å². The first-order valence-corrected chi connectivity index (χ1v) is 7.36. The Bertz CT molecular complexity index is 537. The quantitative estimate of drug-likeness (QED) is 0.938. The van der Waals surface area contributed by atoms with Crippen molar-refractivity contribution < 1.29 is 0 Å². The Morgan fingerprint density at radius 1 is 1.50 bits per heavy atom. The van der Waals surface area contributed by atoms with Crippen LogP contribution in [0.15, 0.2) is 45.1 Å². The molecule has 1 unspecified atom stereocenters. The van der Waals surface area contributed by atoms with Crippen molar-refractivity contribution in [3.63, 3.8) is 0 Å². The van der Waals surface area contributed by atoms with Crippen molar-refractivity contribution in [2.45, 2.75) is 29.4 Å². The van der Waals surface area contributed by atoms with Crippen LogP contribution in [0, 0.1) is 0 Å². The molecule has 0 saturated carbocycles. The highest BCUT2D eigenvalue weighted by Gasteiger charge is 2.07. The highest BCUT2D eigenvalue weighted by molar-refractivity contribution is 9.10. The highest BCUT2D eigenvalue weighted by Crippen LogP contribution is 2.30. The van der Waals surface area contributed by atoms with Gasteiger partial charge in [-0.2, -0.15) is 0 Å². The zero-order chi connectivity index (χ0) is 13.1. The molecular formula is C13H16BrN3S. The maximum Gasteiger partial charge on any atom is 0.172 e. The van der Waals surface area contributed by atoms with Crippen LogP contribution in [0.25, 0.3) is 0 Å². The van der Waals surface area contributed by atoms with E-state index in [4.69, 9.17) is 5.73 Å². The Balaban J connectivity index is 2.16.